The lowest BCUT2D eigenvalue weighted by atomic mass is 10.2. The van der Waals surface area contributed by atoms with Gasteiger partial charge in [0.2, 0.25) is 0 Å². The lowest BCUT2D eigenvalue weighted by Crippen LogP contribution is -2.29. The highest BCUT2D eigenvalue weighted by Gasteiger charge is 2.13. The Kier molecular flexibility index (Phi) is 3.82. The topological polar surface area (TPSA) is 46.1 Å². The van der Waals surface area contributed by atoms with Gasteiger partial charge in [-0.1, -0.05) is 6.07 Å². The first-order chi connectivity index (χ1) is 8.27. The first kappa shape index (κ1) is 11.7. The Hall–Kier alpha value is -1.75. The van der Waals surface area contributed by atoms with Crippen molar-refractivity contribution < 1.29 is 4.79 Å². The van der Waals surface area contributed by atoms with Gasteiger partial charge in [-0.15, -0.1) is 11.3 Å². The molecule has 0 aliphatic rings. The second-order valence-corrected chi connectivity index (χ2v) is 4.39. The standard InChI is InChI=1S/C12H13N3OS/c1-15(12(16)11-8-17-9-14-11)7-5-10-4-2-3-6-13-10/h2-4,6,8-9H,5,7H2,1H3. The van der Waals surface area contributed by atoms with Crippen LogP contribution in [-0.2, 0) is 6.42 Å². The first-order valence-electron chi connectivity index (χ1n) is 5.31. The van der Waals surface area contributed by atoms with E-state index in [1.807, 2.05) is 18.2 Å². The van der Waals surface area contributed by atoms with Gasteiger partial charge < -0.3 is 4.90 Å². The zero-order valence-corrected chi connectivity index (χ0v) is 10.4. The fourth-order valence-corrected chi connectivity index (χ4v) is 1.97. The van der Waals surface area contributed by atoms with Crippen LogP contribution >= 0.6 is 11.3 Å². The Morgan fingerprint density at radius 3 is 2.94 bits per heavy atom. The Labute approximate surface area is 104 Å². The number of hydrogen-bond acceptors (Lipinski definition) is 4. The molecule has 0 atom stereocenters. The molecule has 0 saturated heterocycles. The van der Waals surface area contributed by atoms with Crippen molar-refractivity contribution in [2.45, 2.75) is 6.42 Å². The summed E-state index contributed by atoms with van der Waals surface area (Å²) in [7, 11) is 1.78. The highest BCUT2D eigenvalue weighted by atomic mass is 32.1. The predicted octanol–water partition coefficient (Wildman–Crippen LogP) is 1.85. The molecule has 88 valence electrons. The largest absolute Gasteiger partial charge is 0.340 e. The number of carbonyl (C=O) groups excluding carboxylic acids is 1. The third-order valence-corrected chi connectivity index (χ3v) is 3.01. The van der Waals surface area contributed by atoms with Crippen LogP contribution in [0.5, 0.6) is 0 Å². The van der Waals surface area contributed by atoms with Gasteiger partial charge in [0.1, 0.15) is 5.69 Å². The third kappa shape index (κ3) is 3.10. The van der Waals surface area contributed by atoms with Crippen molar-refractivity contribution in [1.82, 2.24) is 14.9 Å². The predicted molar refractivity (Wildman–Crippen MR) is 67.0 cm³/mol. The van der Waals surface area contributed by atoms with Gasteiger partial charge in [0, 0.05) is 37.3 Å². The van der Waals surface area contributed by atoms with Gasteiger partial charge in [0.25, 0.3) is 5.91 Å². The van der Waals surface area contributed by atoms with Crippen LogP contribution in [0.15, 0.2) is 35.3 Å². The van der Waals surface area contributed by atoms with E-state index in [-0.39, 0.29) is 5.91 Å². The molecule has 1 amide bonds. The number of rotatable bonds is 4. The summed E-state index contributed by atoms with van der Waals surface area (Å²) in [6, 6.07) is 5.79. The molecule has 0 bridgehead atoms. The second kappa shape index (κ2) is 5.54. The molecule has 4 nitrogen and oxygen atoms in total. The van der Waals surface area contributed by atoms with E-state index in [0.717, 1.165) is 12.1 Å². The molecule has 2 aromatic heterocycles. The summed E-state index contributed by atoms with van der Waals surface area (Å²) < 4.78 is 0. The minimum atomic E-state index is -0.0396. The van der Waals surface area contributed by atoms with E-state index in [4.69, 9.17) is 0 Å². The molecular formula is C12H13N3OS. The Balaban J connectivity index is 1.90. The van der Waals surface area contributed by atoms with Crippen molar-refractivity contribution in [2.75, 3.05) is 13.6 Å². The normalized spacial score (nSPS) is 10.2. The Morgan fingerprint density at radius 2 is 2.29 bits per heavy atom. The average molecular weight is 247 g/mol. The number of nitrogens with zero attached hydrogens (tertiary/aromatic N) is 3. The summed E-state index contributed by atoms with van der Waals surface area (Å²) in [6.45, 7) is 0.646. The number of hydrogen-bond donors (Lipinski definition) is 0. The Morgan fingerprint density at radius 1 is 1.41 bits per heavy atom. The molecule has 5 heteroatoms. The maximum Gasteiger partial charge on any atom is 0.273 e. The van der Waals surface area contributed by atoms with E-state index >= 15 is 0 Å². The molecule has 0 fully saturated rings. The molecule has 0 aromatic carbocycles. The minimum Gasteiger partial charge on any atom is -0.340 e. The molecule has 2 aromatic rings. The Bertz CT molecular complexity index is 470. The third-order valence-electron chi connectivity index (χ3n) is 2.43. The van der Waals surface area contributed by atoms with E-state index in [9.17, 15) is 4.79 Å². The summed E-state index contributed by atoms with van der Waals surface area (Å²) >= 11 is 1.43. The van der Waals surface area contributed by atoms with Crippen LogP contribution < -0.4 is 0 Å². The van der Waals surface area contributed by atoms with Crippen molar-refractivity contribution in [1.29, 1.82) is 0 Å². The van der Waals surface area contributed by atoms with Crippen LogP contribution in [-0.4, -0.2) is 34.4 Å². The van der Waals surface area contributed by atoms with Gasteiger partial charge >= 0.3 is 0 Å². The molecule has 2 heterocycles. The van der Waals surface area contributed by atoms with Crippen LogP contribution in [0.2, 0.25) is 0 Å². The summed E-state index contributed by atoms with van der Waals surface area (Å²) in [6.07, 6.45) is 2.52. The van der Waals surface area contributed by atoms with E-state index in [1.54, 1.807) is 29.0 Å². The van der Waals surface area contributed by atoms with Gasteiger partial charge in [-0.2, -0.15) is 0 Å². The SMILES string of the molecule is CN(CCc1ccccn1)C(=O)c1cscn1. The van der Waals surface area contributed by atoms with E-state index < -0.39 is 0 Å². The van der Waals surface area contributed by atoms with Crippen molar-refractivity contribution in [3.05, 3.63) is 46.7 Å². The van der Waals surface area contributed by atoms with Gasteiger partial charge in [0.15, 0.2) is 0 Å². The number of amides is 1. The minimum absolute atomic E-state index is 0.0396. The lowest BCUT2D eigenvalue weighted by molar-refractivity contribution is 0.0791. The van der Waals surface area contributed by atoms with Crippen LogP contribution in [0.3, 0.4) is 0 Å². The molecule has 17 heavy (non-hydrogen) atoms. The van der Waals surface area contributed by atoms with Crippen molar-refractivity contribution in [3.63, 3.8) is 0 Å². The molecule has 0 N–H and O–H groups in total. The molecule has 0 unspecified atom stereocenters. The van der Waals surface area contributed by atoms with Crippen LogP contribution in [0.1, 0.15) is 16.2 Å². The van der Waals surface area contributed by atoms with Crippen molar-refractivity contribution in [3.8, 4) is 0 Å². The van der Waals surface area contributed by atoms with E-state index in [1.165, 1.54) is 11.3 Å². The van der Waals surface area contributed by atoms with E-state index in [2.05, 4.69) is 9.97 Å². The highest BCUT2D eigenvalue weighted by molar-refractivity contribution is 7.07. The second-order valence-electron chi connectivity index (χ2n) is 3.67. The van der Waals surface area contributed by atoms with Gasteiger partial charge in [-0.05, 0) is 12.1 Å². The fourth-order valence-electron chi connectivity index (χ4n) is 1.44. The maximum atomic E-state index is 11.9. The molecule has 2 rings (SSSR count). The van der Waals surface area contributed by atoms with Crippen LogP contribution in [0, 0.1) is 0 Å². The van der Waals surface area contributed by atoms with Crippen molar-refractivity contribution in [2.24, 2.45) is 0 Å². The summed E-state index contributed by atoms with van der Waals surface area (Å²) in [4.78, 5) is 21.8. The maximum absolute atomic E-state index is 11.9. The van der Waals surface area contributed by atoms with E-state index in [0.29, 0.717) is 12.2 Å². The number of carbonyl (C=O) groups is 1. The number of thiazole rings is 1. The molecular weight excluding hydrogens is 234 g/mol. The highest BCUT2D eigenvalue weighted by Crippen LogP contribution is 2.05. The van der Waals surface area contributed by atoms with Crippen LogP contribution in [0.4, 0.5) is 0 Å². The fraction of sp³-hybridized carbons (Fsp3) is 0.250. The quantitative estimate of drug-likeness (QED) is 0.828. The zero-order valence-electron chi connectivity index (χ0n) is 9.54. The van der Waals surface area contributed by atoms with Gasteiger partial charge in [-0.25, -0.2) is 4.98 Å². The monoisotopic (exact) mass is 247 g/mol. The zero-order chi connectivity index (χ0) is 12.1. The number of likely N-dealkylation sites (N-methyl/N-ethyl adjacent to an activating group) is 1. The smallest absolute Gasteiger partial charge is 0.273 e. The molecule has 0 aliphatic heterocycles. The van der Waals surface area contributed by atoms with Crippen LogP contribution in [0.25, 0.3) is 0 Å². The lowest BCUT2D eigenvalue weighted by Gasteiger charge is -2.15. The van der Waals surface area contributed by atoms with Gasteiger partial charge in [0.05, 0.1) is 5.51 Å². The average Bonchev–Trinajstić information content (AvgIpc) is 2.90. The number of pyridine rings is 1. The summed E-state index contributed by atoms with van der Waals surface area (Å²) in [5.74, 6) is -0.0396. The molecule has 0 spiro atoms. The molecule has 0 radical (unpaired) electrons. The summed E-state index contributed by atoms with van der Waals surface area (Å²) in [5, 5.41) is 1.76. The van der Waals surface area contributed by atoms with Crippen molar-refractivity contribution >= 4 is 17.2 Å². The first-order valence-corrected chi connectivity index (χ1v) is 6.25. The molecule has 0 aliphatic carbocycles. The summed E-state index contributed by atoms with van der Waals surface area (Å²) in [5.41, 5.74) is 3.17. The van der Waals surface area contributed by atoms with Gasteiger partial charge in [-0.3, -0.25) is 9.78 Å². The molecule has 0 saturated carbocycles. The number of aromatic nitrogens is 2.